The molecule has 0 aliphatic carbocycles. The highest BCUT2D eigenvalue weighted by atomic mass is 32.2. The Morgan fingerprint density at radius 3 is 2.94 bits per heavy atom. The molecule has 3 nitrogen and oxygen atoms in total. The van der Waals surface area contributed by atoms with E-state index in [0.717, 1.165) is 5.56 Å². The average molecular weight is 251 g/mol. The lowest BCUT2D eigenvalue weighted by Gasteiger charge is -2.15. The fourth-order valence-corrected chi connectivity index (χ4v) is 2.50. The van der Waals surface area contributed by atoms with Crippen molar-refractivity contribution in [2.75, 3.05) is 7.05 Å². The molecule has 0 radical (unpaired) electrons. The van der Waals surface area contributed by atoms with E-state index in [1.54, 1.807) is 18.5 Å². The Labute approximate surface area is 104 Å². The molecule has 2 N–H and O–H groups in total. The van der Waals surface area contributed by atoms with Gasteiger partial charge in [-0.05, 0) is 37.4 Å². The van der Waals surface area contributed by atoms with Crippen LogP contribution in [0.4, 0.5) is 4.39 Å². The van der Waals surface area contributed by atoms with Crippen LogP contribution in [0.25, 0.3) is 0 Å². The van der Waals surface area contributed by atoms with Gasteiger partial charge < -0.3 is 10.3 Å². The number of H-pyrrole nitrogens is 1. The second-order valence-corrected chi connectivity index (χ2v) is 4.66. The van der Waals surface area contributed by atoms with E-state index in [1.807, 2.05) is 20.0 Å². The van der Waals surface area contributed by atoms with Crippen molar-refractivity contribution in [1.29, 1.82) is 0 Å². The first-order chi connectivity index (χ1) is 8.22. The number of aromatic amines is 1. The number of hydrogen-bond acceptors (Lipinski definition) is 3. The van der Waals surface area contributed by atoms with Crippen LogP contribution in [-0.4, -0.2) is 17.0 Å². The fourth-order valence-electron chi connectivity index (χ4n) is 1.53. The molecule has 0 amide bonds. The maximum Gasteiger partial charge on any atom is 0.170 e. The van der Waals surface area contributed by atoms with Crippen LogP contribution in [0.15, 0.2) is 40.6 Å². The molecule has 1 unspecified atom stereocenters. The summed E-state index contributed by atoms with van der Waals surface area (Å²) in [5, 5.41) is 3.81. The molecule has 2 rings (SSSR count). The summed E-state index contributed by atoms with van der Waals surface area (Å²) in [6, 6.07) is 5.22. The van der Waals surface area contributed by atoms with Crippen molar-refractivity contribution in [3.8, 4) is 0 Å². The summed E-state index contributed by atoms with van der Waals surface area (Å²) in [5.41, 5.74) is 0.939. The summed E-state index contributed by atoms with van der Waals surface area (Å²) in [6.07, 6.45) is 3.38. The van der Waals surface area contributed by atoms with E-state index in [1.165, 1.54) is 17.8 Å². The van der Waals surface area contributed by atoms with Gasteiger partial charge in [0.15, 0.2) is 5.16 Å². The number of benzene rings is 1. The smallest absolute Gasteiger partial charge is 0.170 e. The predicted octanol–water partition coefficient (Wildman–Crippen LogP) is 2.98. The van der Waals surface area contributed by atoms with Crippen LogP contribution < -0.4 is 5.32 Å². The minimum atomic E-state index is -0.217. The van der Waals surface area contributed by atoms with E-state index in [0.29, 0.717) is 10.1 Å². The number of hydrogen-bond donors (Lipinski definition) is 2. The third-order valence-corrected chi connectivity index (χ3v) is 3.62. The number of rotatable bonds is 4. The van der Waals surface area contributed by atoms with Crippen LogP contribution >= 0.6 is 11.8 Å². The molecule has 0 saturated heterocycles. The predicted molar refractivity (Wildman–Crippen MR) is 66.6 cm³/mol. The van der Waals surface area contributed by atoms with Crippen molar-refractivity contribution in [2.45, 2.75) is 23.0 Å². The number of halogens is 1. The van der Waals surface area contributed by atoms with Gasteiger partial charge in [-0.15, -0.1) is 0 Å². The molecule has 90 valence electrons. The SMILES string of the molecule is CNC(C)c1cccc(F)c1Sc1ncc[nH]1. The van der Waals surface area contributed by atoms with Crippen molar-refractivity contribution >= 4 is 11.8 Å². The molecular weight excluding hydrogens is 237 g/mol. The minimum Gasteiger partial charge on any atom is -0.339 e. The molecule has 1 heterocycles. The Morgan fingerprint density at radius 2 is 2.29 bits per heavy atom. The third-order valence-electron chi connectivity index (χ3n) is 2.57. The number of aromatic nitrogens is 2. The first kappa shape index (κ1) is 12.1. The molecule has 5 heteroatoms. The van der Waals surface area contributed by atoms with E-state index in [9.17, 15) is 4.39 Å². The molecule has 1 aromatic heterocycles. The first-order valence-corrected chi connectivity index (χ1v) is 6.17. The van der Waals surface area contributed by atoms with Crippen molar-refractivity contribution in [1.82, 2.24) is 15.3 Å². The summed E-state index contributed by atoms with van der Waals surface area (Å²) >= 11 is 1.31. The highest BCUT2D eigenvalue weighted by Crippen LogP contribution is 2.33. The highest BCUT2D eigenvalue weighted by molar-refractivity contribution is 7.99. The van der Waals surface area contributed by atoms with Gasteiger partial charge >= 0.3 is 0 Å². The van der Waals surface area contributed by atoms with Gasteiger partial charge in [-0.2, -0.15) is 0 Å². The average Bonchev–Trinajstić information content (AvgIpc) is 2.83. The third kappa shape index (κ3) is 2.68. The van der Waals surface area contributed by atoms with Crippen LogP contribution in [0.2, 0.25) is 0 Å². The van der Waals surface area contributed by atoms with Gasteiger partial charge in [-0.3, -0.25) is 0 Å². The molecule has 2 aromatic rings. The van der Waals surface area contributed by atoms with E-state index in [-0.39, 0.29) is 11.9 Å². The Kier molecular flexibility index (Phi) is 3.81. The Hall–Kier alpha value is -1.33. The standard InChI is InChI=1S/C12H14FN3S/c1-8(14-2)9-4-3-5-10(13)11(9)17-12-15-6-7-16-12/h3-8,14H,1-2H3,(H,15,16). The molecule has 1 aromatic carbocycles. The van der Waals surface area contributed by atoms with Gasteiger partial charge in [0.1, 0.15) is 5.82 Å². The second kappa shape index (κ2) is 5.33. The normalized spacial score (nSPS) is 12.6. The zero-order valence-electron chi connectivity index (χ0n) is 9.70. The van der Waals surface area contributed by atoms with Crippen LogP contribution in [-0.2, 0) is 0 Å². The first-order valence-electron chi connectivity index (χ1n) is 5.35. The van der Waals surface area contributed by atoms with Gasteiger partial charge in [-0.1, -0.05) is 12.1 Å². The monoisotopic (exact) mass is 251 g/mol. The molecular formula is C12H14FN3S. The maximum atomic E-state index is 13.8. The second-order valence-electron chi connectivity index (χ2n) is 3.66. The maximum absolute atomic E-state index is 13.8. The fraction of sp³-hybridized carbons (Fsp3) is 0.250. The van der Waals surface area contributed by atoms with Crippen LogP contribution in [0.5, 0.6) is 0 Å². The summed E-state index contributed by atoms with van der Waals surface area (Å²) in [7, 11) is 1.86. The van der Waals surface area contributed by atoms with Gasteiger partial charge in [0, 0.05) is 18.4 Å². The molecule has 0 aliphatic heterocycles. The van der Waals surface area contributed by atoms with E-state index >= 15 is 0 Å². The van der Waals surface area contributed by atoms with Crippen LogP contribution in [0, 0.1) is 5.82 Å². The van der Waals surface area contributed by atoms with Crippen LogP contribution in [0.1, 0.15) is 18.5 Å². The van der Waals surface area contributed by atoms with Gasteiger partial charge in [0.05, 0.1) is 4.90 Å². The molecule has 0 fully saturated rings. The van der Waals surface area contributed by atoms with E-state index in [4.69, 9.17) is 0 Å². The highest BCUT2D eigenvalue weighted by Gasteiger charge is 2.15. The molecule has 17 heavy (non-hydrogen) atoms. The molecule has 0 aliphatic rings. The molecule has 0 bridgehead atoms. The number of nitrogens with zero attached hydrogens (tertiary/aromatic N) is 1. The van der Waals surface area contributed by atoms with Crippen molar-refractivity contribution in [3.63, 3.8) is 0 Å². The van der Waals surface area contributed by atoms with E-state index in [2.05, 4.69) is 15.3 Å². The van der Waals surface area contributed by atoms with Crippen molar-refractivity contribution < 1.29 is 4.39 Å². The van der Waals surface area contributed by atoms with Crippen molar-refractivity contribution in [2.24, 2.45) is 0 Å². The summed E-state index contributed by atoms with van der Waals surface area (Å²) in [4.78, 5) is 7.68. The number of nitrogens with one attached hydrogen (secondary N) is 2. The Morgan fingerprint density at radius 1 is 1.47 bits per heavy atom. The zero-order valence-corrected chi connectivity index (χ0v) is 10.5. The Bertz CT molecular complexity index is 485. The Balaban J connectivity index is 2.37. The van der Waals surface area contributed by atoms with E-state index < -0.39 is 0 Å². The molecule has 0 saturated carbocycles. The zero-order chi connectivity index (χ0) is 12.3. The lowest BCUT2D eigenvalue weighted by atomic mass is 10.1. The quantitative estimate of drug-likeness (QED) is 0.877. The summed E-state index contributed by atoms with van der Waals surface area (Å²) in [5.74, 6) is -0.217. The van der Waals surface area contributed by atoms with Crippen LogP contribution in [0.3, 0.4) is 0 Å². The minimum absolute atomic E-state index is 0.100. The molecule has 1 atom stereocenters. The lowest BCUT2D eigenvalue weighted by Crippen LogP contribution is -2.13. The lowest BCUT2D eigenvalue weighted by molar-refractivity contribution is 0.575. The van der Waals surface area contributed by atoms with Gasteiger partial charge in [-0.25, -0.2) is 9.37 Å². The number of imidazole rings is 1. The largest absolute Gasteiger partial charge is 0.339 e. The van der Waals surface area contributed by atoms with Gasteiger partial charge in [0.2, 0.25) is 0 Å². The topological polar surface area (TPSA) is 40.7 Å². The van der Waals surface area contributed by atoms with Crippen molar-refractivity contribution in [3.05, 3.63) is 42.0 Å². The summed E-state index contributed by atoms with van der Waals surface area (Å²) in [6.45, 7) is 2.00. The summed E-state index contributed by atoms with van der Waals surface area (Å²) < 4.78 is 13.8. The van der Waals surface area contributed by atoms with Gasteiger partial charge in [0.25, 0.3) is 0 Å². The molecule has 0 spiro atoms.